The number of fused-ring (bicyclic) bond motifs is 1. The summed E-state index contributed by atoms with van der Waals surface area (Å²) in [5.41, 5.74) is 1.56. The van der Waals surface area contributed by atoms with Gasteiger partial charge in [0.25, 0.3) is 11.6 Å². The van der Waals surface area contributed by atoms with Crippen molar-refractivity contribution >= 4 is 39.9 Å². The van der Waals surface area contributed by atoms with Crippen LogP contribution in [0, 0.1) is 21.4 Å². The Labute approximate surface area is 177 Å². The second kappa shape index (κ2) is 7.97. The van der Waals surface area contributed by atoms with Crippen LogP contribution in [0.15, 0.2) is 48.5 Å². The molecule has 9 heteroatoms. The number of aromatic nitrogens is 1. The van der Waals surface area contributed by atoms with Crippen molar-refractivity contribution in [1.82, 2.24) is 9.88 Å². The van der Waals surface area contributed by atoms with Crippen LogP contribution in [0.5, 0.6) is 0 Å². The molecule has 0 N–H and O–H groups in total. The third-order valence-electron chi connectivity index (χ3n) is 5.09. The Morgan fingerprint density at radius 2 is 1.80 bits per heavy atom. The van der Waals surface area contributed by atoms with Gasteiger partial charge in [-0.3, -0.25) is 14.9 Å². The van der Waals surface area contributed by atoms with E-state index in [4.69, 9.17) is 11.6 Å². The van der Waals surface area contributed by atoms with E-state index in [1.165, 1.54) is 24.3 Å². The van der Waals surface area contributed by atoms with Gasteiger partial charge in [-0.05, 0) is 36.4 Å². The van der Waals surface area contributed by atoms with E-state index in [1.807, 2.05) is 4.90 Å². The molecule has 8 nitrogen and oxygen atoms in total. The van der Waals surface area contributed by atoms with E-state index >= 15 is 0 Å². The van der Waals surface area contributed by atoms with E-state index in [0.29, 0.717) is 59.0 Å². The van der Waals surface area contributed by atoms with E-state index in [0.717, 1.165) is 0 Å². The molecule has 4 rings (SSSR count). The molecular weight excluding hydrogens is 406 g/mol. The van der Waals surface area contributed by atoms with E-state index in [-0.39, 0.29) is 11.6 Å². The average Bonchev–Trinajstić information content (AvgIpc) is 2.78. The lowest BCUT2D eigenvalue weighted by molar-refractivity contribution is -0.384. The maximum atomic E-state index is 12.7. The van der Waals surface area contributed by atoms with Gasteiger partial charge in [0.2, 0.25) is 0 Å². The summed E-state index contributed by atoms with van der Waals surface area (Å²) >= 11 is 6.04. The number of hydrogen-bond acceptors (Lipinski definition) is 6. The van der Waals surface area contributed by atoms with Crippen LogP contribution in [0.2, 0.25) is 5.02 Å². The first-order valence-electron chi connectivity index (χ1n) is 9.25. The van der Waals surface area contributed by atoms with Crippen molar-refractivity contribution in [2.24, 2.45) is 0 Å². The molecule has 3 aromatic rings. The summed E-state index contributed by atoms with van der Waals surface area (Å²) in [7, 11) is 0. The molecule has 1 aliphatic rings. The molecule has 1 amide bonds. The van der Waals surface area contributed by atoms with Gasteiger partial charge in [-0.2, -0.15) is 5.26 Å². The number of nitro benzene ring substituents is 1. The van der Waals surface area contributed by atoms with Crippen molar-refractivity contribution in [3.63, 3.8) is 0 Å². The molecule has 0 unspecified atom stereocenters. The normalized spacial score (nSPS) is 13.9. The minimum Gasteiger partial charge on any atom is -0.353 e. The van der Waals surface area contributed by atoms with Gasteiger partial charge in [0.05, 0.1) is 22.1 Å². The topological polar surface area (TPSA) is 103 Å². The molecule has 150 valence electrons. The Morgan fingerprint density at radius 3 is 2.43 bits per heavy atom. The second-order valence-electron chi connectivity index (χ2n) is 6.88. The number of nitriles is 1. The zero-order valence-electron chi connectivity index (χ0n) is 15.8. The first kappa shape index (κ1) is 19.6. The molecule has 1 saturated heterocycles. The van der Waals surface area contributed by atoms with Crippen LogP contribution < -0.4 is 4.90 Å². The molecular formula is C21H16ClN5O3. The van der Waals surface area contributed by atoms with Crippen molar-refractivity contribution in [3.05, 3.63) is 74.8 Å². The Hall–Kier alpha value is -3.70. The number of nitro groups is 1. The Kier molecular flexibility index (Phi) is 5.21. The number of benzene rings is 2. The van der Waals surface area contributed by atoms with Crippen molar-refractivity contribution in [2.45, 2.75) is 0 Å². The molecule has 0 aliphatic carbocycles. The van der Waals surface area contributed by atoms with Crippen LogP contribution in [0.25, 0.3) is 10.9 Å². The molecule has 0 bridgehead atoms. The quantitative estimate of drug-likeness (QED) is 0.472. The lowest BCUT2D eigenvalue weighted by atomic mass is 10.1. The number of pyridine rings is 1. The maximum Gasteiger partial charge on any atom is 0.269 e. The summed E-state index contributed by atoms with van der Waals surface area (Å²) in [5.74, 6) is 0.521. The molecule has 2 heterocycles. The number of hydrogen-bond donors (Lipinski definition) is 0. The van der Waals surface area contributed by atoms with E-state index in [2.05, 4.69) is 11.1 Å². The highest BCUT2D eigenvalue weighted by atomic mass is 35.5. The fourth-order valence-electron chi connectivity index (χ4n) is 3.49. The van der Waals surface area contributed by atoms with Crippen LogP contribution in [0.1, 0.15) is 15.9 Å². The largest absolute Gasteiger partial charge is 0.353 e. The number of nitrogens with zero attached hydrogens (tertiary/aromatic N) is 5. The van der Waals surface area contributed by atoms with Crippen molar-refractivity contribution in [2.75, 3.05) is 31.1 Å². The van der Waals surface area contributed by atoms with Crippen LogP contribution in [0.3, 0.4) is 0 Å². The third kappa shape index (κ3) is 3.75. The smallest absolute Gasteiger partial charge is 0.269 e. The van der Waals surface area contributed by atoms with Crippen LogP contribution in [0.4, 0.5) is 11.5 Å². The predicted octanol–water partition coefficient (Wildman–Crippen LogP) is 3.63. The first-order valence-corrected chi connectivity index (χ1v) is 9.63. The van der Waals surface area contributed by atoms with Crippen LogP contribution in [-0.2, 0) is 0 Å². The number of piperazine rings is 1. The zero-order valence-corrected chi connectivity index (χ0v) is 16.5. The maximum absolute atomic E-state index is 12.7. The molecule has 0 spiro atoms. The number of rotatable bonds is 3. The summed E-state index contributed by atoms with van der Waals surface area (Å²) in [5, 5.41) is 21.5. The molecule has 0 atom stereocenters. The predicted molar refractivity (Wildman–Crippen MR) is 113 cm³/mol. The van der Waals surface area contributed by atoms with Gasteiger partial charge in [-0.15, -0.1) is 0 Å². The van der Waals surface area contributed by atoms with Gasteiger partial charge >= 0.3 is 0 Å². The van der Waals surface area contributed by atoms with Crippen LogP contribution in [-0.4, -0.2) is 46.9 Å². The van der Waals surface area contributed by atoms with Gasteiger partial charge in [-0.25, -0.2) is 4.98 Å². The molecule has 1 aliphatic heterocycles. The lowest BCUT2D eigenvalue weighted by Crippen LogP contribution is -2.49. The lowest BCUT2D eigenvalue weighted by Gasteiger charge is -2.35. The van der Waals surface area contributed by atoms with Gasteiger partial charge in [0.15, 0.2) is 0 Å². The number of halogens is 1. The Balaban J connectivity index is 1.49. The number of amides is 1. The van der Waals surface area contributed by atoms with Crippen molar-refractivity contribution < 1.29 is 9.72 Å². The summed E-state index contributed by atoms with van der Waals surface area (Å²) in [6.07, 6.45) is 0. The summed E-state index contributed by atoms with van der Waals surface area (Å²) in [6, 6.07) is 14.8. The number of carbonyl (C=O) groups excluding carboxylic acids is 1. The molecule has 1 fully saturated rings. The minimum atomic E-state index is -0.493. The molecule has 30 heavy (non-hydrogen) atoms. The minimum absolute atomic E-state index is 0.0478. The van der Waals surface area contributed by atoms with Crippen LogP contribution >= 0.6 is 11.6 Å². The van der Waals surface area contributed by atoms with Gasteiger partial charge in [0, 0.05) is 54.3 Å². The highest BCUT2D eigenvalue weighted by Crippen LogP contribution is 2.26. The average molecular weight is 422 g/mol. The number of non-ortho nitro benzene ring substituents is 1. The fourth-order valence-corrected chi connectivity index (χ4v) is 3.66. The second-order valence-corrected chi connectivity index (χ2v) is 7.32. The standard InChI is InChI=1S/C21H16ClN5O3/c22-16-3-6-19-18(12-16)15(13-23)11-20(24-19)25-7-9-26(10-8-25)21(28)14-1-4-17(5-2-14)27(29)30/h1-6,11-12H,7-10H2. The van der Waals surface area contributed by atoms with Crippen molar-refractivity contribution in [1.29, 1.82) is 5.26 Å². The SMILES string of the molecule is N#Cc1cc(N2CCN(C(=O)c3ccc([N+](=O)[O-])cc3)CC2)nc2ccc(Cl)cc12. The number of carbonyl (C=O) groups is 1. The van der Waals surface area contributed by atoms with Crippen molar-refractivity contribution in [3.8, 4) is 6.07 Å². The third-order valence-corrected chi connectivity index (χ3v) is 5.33. The fraction of sp³-hybridized carbons (Fsp3) is 0.190. The Morgan fingerprint density at radius 1 is 1.10 bits per heavy atom. The van der Waals surface area contributed by atoms with Gasteiger partial charge in [0.1, 0.15) is 5.82 Å². The molecule has 2 aromatic carbocycles. The molecule has 0 radical (unpaired) electrons. The van der Waals surface area contributed by atoms with Gasteiger partial charge in [-0.1, -0.05) is 11.6 Å². The summed E-state index contributed by atoms with van der Waals surface area (Å²) < 4.78 is 0. The van der Waals surface area contributed by atoms with E-state index < -0.39 is 4.92 Å². The zero-order chi connectivity index (χ0) is 21.3. The molecule has 1 aromatic heterocycles. The number of anilines is 1. The summed E-state index contributed by atoms with van der Waals surface area (Å²) in [4.78, 5) is 31.4. The highest BCUT2D eigenvalue weighted by Gasteiger charge is 2.24. The highest BCUT2D eigenvalue weighted by molar-refractivity contribution is 6.31. The first-order chi connectivity index (χ1) is 14.5. The summed E-state index contributed by atoms with van der Waals surface area (Å²) in [6.45, 7) is 2.10. The Bertz CT molecular complexity index is 1180. The monoisotopic (exact) mass is 421 g/mol. The van der Waals surface area contributed by atoms with E-state index in [1.54, 1.807) is 29.2 Å². The van der Waals surface area contributed by atoms with E-state index in [9.17, 15) is 20.2 Å². The molecule has 0 saturated carbocycles. The van der Waals surface area contributed by atoms with Gasteiger partial charge < -0.3 is 9.80 Å².